The van der Waals surface area contributed by atoms with Crippen LogP contribution in [0.4, 0.5) is 4.79 Å². The first kappa shape index (κ1) is 17.8. The fraction of sp³-hybridized carbons (Fsp3) is 0.600. The van der Waals surface area contributed by atoms with Gasteiger partial charge in [0.2, 0.25) is 0 Å². The average Bonchev–Trinajstić information content (AvgIpc) is 2.67. The van der Waals surface area contributed by atoms with E-state index in [1.54, 1.807) is 0 Å². The molecule has 1 aromatic rings. The number of carbonyl (C=O) groups excluding carboxylic acids is 1. The number of piperidine rings is 1. The van der Waals surface area contributed by atoms with E-state index < -0.39 is 18.1 Å². The molecule has 5 heteroatoms. The van der Waals surface area contributed by atoms with Crippen molar-refractivity contribution in [3.63, 3.8) is 0 Å². The van der Waals surface area contributed by atoms with Gasteiger partial charge in [-0.25, -0.2) is 9.59 Å². The van der Waals surface area contributed by atoms with E-state index in [1.807, 2.05) is 30.3 Å². The molecule has 0 radical (unpaired) electrons. The third kappa shape index (κ3) is 4.53. The summed E-state index contributed by atoms with van der Waals surface area (Å²) in [4.78, 5) is 25.5. The summed E-state index contributed by atoms with van der Waals surface area (Å²) in [6.45, 7) is 0.653. The first-order valence-electron chi connectivity index (χ1n) is 9.35. The van der Waals surface area contributed by atoms with Crippen molar-refractivity contribution >= 4 is 12.1 Å². The first-order valence-corrected chi connectivity index (χ1v) is 9.35. The molecular weight excluding hydrogens is 318 g/mol. The molecule has 1 aliphatic carbocycles. The highest BCUT2D eigenvalue weighted by molar-refractivity contribution is 5.80. The van der Waals surface area contributed by atoms with Gasteiger partial charge in [0, 0.05) is 6.54 Å². The van der Waals surface area contributed by atoms with Crippen LogP contribution in [-0.4, -0.2) is 34.7 Å². The lowest BCUT2D eigenvalue weighted by atomic mass is 9.74. The highest BCUT2D eigenvalue weighted by Crippen LogP contribution is 2.37. The topological polar surface area (TPSA) is 66.8 Å². The van der Waals surface area contributed by atoms with Crippen molar-refractivity contribution in [2.24, 2.45) is 11.8 Å². The fourth-order valence-corrected chi connectivity index (χ4v) is 4.28. The van der Waals surface area contributed by atoms with Crippen molar-refractivity contribution in [3.05, 3.63) is 35.9 Å². The molecule has 0 unspecified atom stereocenters. The highest BCUT2D eigenvalue weighted by atomic mass is 16.6. The van der Waals surface area contributed by atoms with Gasteiger partial charge in [-0.3, -0.25) is 4.90 Å². The van der Waals surface area contributed by atoms with Crippen LogP contribution in [0.15, 0.2) is 30.3 Å². The lowest BCUT2D eigenvalue weighted by molar-refractivity contribution is -0.145. The molecule has 1 aromatic carbocycles. The van der Waals surface area contributed by atoms with Gasteiger partial charge in [-0.2, -0.15) is 0 Å². The van der Waals surface area contributed by atoms with Crippen molar-refractivity contribution in [3.8, 4) is 0 Å². The second-order valence-corrected chi connectivity index (χ2v) is 7.27. The second-order valence-electron chi connectivity index (χ2n) is 7.27. The molecule has 1 heterocycles. The Morgan fingerprint density at radius 2 is 1.76 bits per heavy atom. The van der Waals surface area contributed by atoms with E-state index in [4.69, 9.17) is 4.74 Å². The molecule has 1 amide bonds. The zero-order chi connectivity index (χ0) is 17.6. The van der Waals surface area contributed by atoms with Crippen LogP contribution in [0.2, 0.25) is 0 Å². The molecule has 1 aliphatic heterocycles. The summed E-state index contributed by atoms with van der Waals surface area (Å²) in [5, 5.41) is 9.61. The monoisotopic (exact) mass is 345 g/mol. The Balaban J connectivity index is 1.58. The van der Waals surface area contributed by atoms with Crippen LogP contribution in [0.1, 0.15) is 50.5 Å². The van der Waals surface area contributed by atoms with Gasteiger partial charge < -0.3 is 9.84 Å². The Morgan fingerprint density at radius 1 is 1.04 bits per heavy atom. The fourth-order valence-electron chi connectivity index (χ4n) is 4.28. The Bertz CT molecular complexity index is 583. The molecule has 5 nitrogen and oxygen atoms in total. The van der Waals surface area contributed by atoms with Crippen LogP contribution < -0.4 is 0 Å². The zero-order valence-corrected chi connectivity index (χ0v) is 14.6. The summed E-state index contributed by atoms with van der Waals surface area (Å²) in [7, 11) is 0. The summed E-state index contributed by atoms with van der Waals surface area (Å²) >= 11 is 0. The summed E-state index contributed by atoms with van der Waals surface area (Å²) in [6.07, 6.45) is 7.13. The molecule has 2 atom stereocenters. The van der Waals surface area contributed by atoms with Gasteiger partial charge in [0.15, 0.2) is 0 Å². The third-order valence-corrected chi connectivity index (χ3v) is 5.68. The Kier molecular flexibility index (Phi) is 5.95. The second kappa shape index (κ2) is 8.37. The summed E-state index contributed by atoms with van der Waals surface area (Å²) in [5.41, 5.74) is 0.903. The predicted octanol–water partition coefficient (Wildman–Crippen LogP) is 4.07. The number of hydrogen-bond donors (Lipinski definition) is 1. The van der Waals surface area contributed by atoms with E-state index in [2.05, 4.69) is 0 Å². The minimum Gasteiger partial charge on any atom is -0.480 e. The maximum absolute atomic E-state index is 12.4. The smallest absolute Gasteiger partial charge is 0.410 e. The number of amides is 1. The highest BCUT2D eigenvalue weighted by Gasteiger charge is 2.39. The summed E-state index contributed by atoms with van der Waals surface area (Å²) in [5.74, 6) is 0.120. The largest absolute Gasteiger partial charge is 0.480 e. The molecule has 1 saturated heterocycles. The molecule has 2 fully saturated rings. The number of likely N-dealkylation sites (tertiary alicyclic amines) is 1. The van der Waals surface area contributed by atoms with Gasteiger partial charge in [-0.15, -0.1) is 0 Å². The molecule has 0 aromatic heterocycles. The molecule has 1 N–H and O–H groups in total. The molecule has 136 valence electrons. The Labute approximate surface area is 149 Å². The van der Waals surface area contributed by atoms with Crippen LogP contribution >= 0.6 is 0 Å². The number of carboxylic acid groups (broad SMARTS) is 1. The van der Waals surface area contributed by atoms with E-state index in [-0.39, 0.29) is 6.61 Å². The van der Waals surface area contributed by atoms with Crippen molar-refractivity contribution in [1.82, 2.24) is 4.90 Å². The standard InChI is InChI=1S/C20H27NO4/c22-19(23)18-13-17(16-9-5-2-6-10-16)11-12-21(18)20(24)25-14-15-7-3-1-4-8-15/h1,3-4,7-8,16-18H,2,5-6,9-14H2,(H,22,23)/t17-,18+/m1/s1. The van der Waals surface area contributed by atoms with E-state index >= 15 is 0 Å². The lowest BCUT2D eigenvalue weighted by Gasteiger charge is -2.40. The Hall–Kier alpha value is -2.04. The average molecular weight is 345 g/mol. The van der Waals surface area contributed by atoms with Crippen LogP contribution in [0.3, 0.4) is 0 Å². The van der Waals surface area contributed by atoms with Crippen molar-refractivity contribution < 1.29 is 19.4 Å². The van der Waals surface area contributed by atoms with Gasteiger partial charge in [-0.1, -0.05) is 62.4 Å². The van der Waals surface area contributed by atoms with Gasteiger partial charge in [0.05, 0.1) is 0 Å². The quantitative estimate of drug-likeness (QED) is 0.893. The molecule has 25 heavy (non-hydrogen) atoms. The molecule has 3 rings (SSSR count). The van der Waals surface area contributed by atoms with E-state index in [0.717, 1.165) is 12.0 Å². The van der Waals surface area contributed by atoms with Crippen molar-refractivity contribution in [2.45, 2.75) is 57.6 Å². The number of carboxylic acids is 1. The van der Waals surface area contributed by atoms with E-state index in [0.29, 0.717) is 24.8 Å². The van der Waals surface area contributed by atoms with Crippen LogP contribution in [0, 0.1) is 11.8 Å². The summed E-state index contributed by atoms with van der Waals surface area (Å²) in [6, 6.07) is 8.69. The first-order chi connectivity index (χ1) is 12.1. The molecule has 0 spiro atoms. The van der Waals surface area contributed by atoms with Crippen molar-refractivity contribution in [2.75, 3.05) is 6.54 Å². The van der Waals surface area contributed by atoms with Crippen LogP contribution in [0.25, 0.3) is 0 Å². The number of ether oxygens (including phenoxy) is 1. The zero-order valence-electron chi connectivity index (χ0n) is 14.6. The van der Waals surface area contributed by atoms with Gasteiger partial charge in [-0.05, 0) is 30.2 Å². The third-order valence-electron chi connectivity index (χ3n) is 5.68. The van der Waals surface area contributed by atoms with E-state index in [1.165, 1.54) is 37.0 Å². The van der Waals surface area contributed by atoms with Gasteiger partial charge in [0.25, 0.3) is 0 Å². The lowest BCUT2D eigenvalue weighted by Crippen LogP contribution is -2.51. The summed E-state index contributed by atoms with van der Waals surface area (Å²) < 4.78 is 5.35. The molecule has 1 saturated carbocycles. The number of benzene rings is 1. The van der Waals surface area contributed by atoms with E-state index in [9.17, 15) is 14.7 Å². The number of aliphatic carboxylic acids is 1. The molecule has 2 aliphatic rings. The number of rotatable bonds is 4. The maximum Gasteiger partial charge on any atom is 0.410 e. The predicted molar refractivity (Wildman–Crippen MR) is 94.1 cm³/mol. The Morgan fingerprint density at radius 3 is 2.44 bits per heavy atom. The molecular formula is C20H27NO4. The minimum atomic E-state index is -0.919. The van der Waals surface area contributed by atoms with Crippen LogP contribution in [0.5, 0.6) is 0 Å². The normalized spacial score (nSPS) is 24.7. The van der Waals surface area contributed by atoms with Crippen LogP contribution in [-0.2, 0) is 16.1 Å². The molecule has 0 bridgehead atoms. The van der Waals surface area contributed by atoms with Gasteiger partial charge >= 0.3 is 12.1 Å². The number of hydrogen-bond acceptors (Lipinski definition) is 3. The minimum absolute atomic E-state index is 0.175. The SMILES string of the molecule is O=C(O)[C@@H]1C[C@H](C2CCCCC2)CCN1C(=O)OCc1ccccc1. The number of carbonyl (C=O) groups is 2. The van der Waals surface area contributed by atoms with Crippen molar-refractivity contribution in [1.29, 1.82) is 0 Å². The number of nitrogens with zero attached hydrogens (tertiary/aromatic N) is 1. The van der Waals surface area contributed by atoms with Gasteiger partial charge in [0.1, 0.15) is 12.6 Å². The maximum atomic E-state index is 12.4.